The Labute approximate surface area is 112 Å². The number of nitrogens with zero attached hydrogens (tertiary/aromatic N) is 1. The van der Waals surface area contributed by atoms with E-state index >= 15 is 0 Å². The summed E-state index contributed by atoms with van der Waals surface area (Å²) in [5.74, 6) is 0.582. The van der Waals surface area contributed by atoms with E-state index in [1.54, 1.807) is 26.1 Å². The van der Waals surface area contributed by atoms with Gasteiger partial charge in [0.25, 0.3) is 5.91 Å². The van der Waals surface area contributed by atoms with E-state index in [2.05, 4.69) is 0 Å². The maximum Gasteiger partial charge on any atom is 0.289 e. The van der Waals surface area contributed by atoms with Crippen LogP contribution in [-0.4, -0.2) is 43.8 Å². The predicted molar refractivity (Wildman–Crippen MR) is 70.5 cm³/mol. The highest BCUT2D eigenvalue weighted by Gasteiger charge is 2.33. The van der Waals surface area contributed by atoms with Crippen molar-refractivity contribution < 1.29 is 17.6 Å². The van der Waals surface area contributed by atoms with Gasteiger partial charge in [-0.05, 0) is 25.5 Å². The van der Waals surface area contributed by atoms with Gasteiger partial charge in [0.15, 0.2) is 15.6 Å². The Morgan fingerprint density at radius 2 is 2.21 bits per heavy atom. The number of amides is 1. The lowest BCUT2D eigenvalue weighted by Gasteiger charge is -2.22. The molecule has 2 atom stereocenters. The molecule has 2 unspecified atom stereocenters. The standard InChI is InChI=1S/C12H18N2O4S/c1-8(13)10-3-4-11(18-10)12(15)14(2)9-5-6-19(16,17)7-9/h3-4,8-9H,5-7,13H2,1-2H3. The topological polar surface area (TPSA) is 93.6 Å². The molecular formula is C12H18N2O4S. The van der Waals surface area contributed by atoms with Crippen LogP contribution < -0.4 is 5.73 Å². The average molecular weight is 286 g/mol. The van der Waals surface area contributed by atoms with Crippen molar-refractivity contribution in [3.05, 3.63) is 23.7 Å². The Bertz CT molecular complexity index is 576. The van der Waals surface area contributed by atoms with Crippen LogP contribution in [0.3, 0.4) is 0 Å². The van der Waals surface area contributed by atoms with Crippen LogP contribution in [-0.2, 0) is 9.84 Å². The van der Waals surface area contributed by atoms with E-state index in [-0.39, 0.29) is 35.3 Å². The van der Waals surface area contributed by atoms with Gasteiger partial charge in [0.1, 0.15) is 5.76 Å². The van der Waals surface area contributed by atoms with Gasteiger partial charge in [-0.3, -0.25) is 4.79 Å². The number of hydrogen-bond acceptors (Lipinski definition) is 5. The molecule has 6 nitrogen and oxygen atoms in total. The fourth-order valence-electron chi connectivity index (χ4n) is 2.13. The molecule has 0 saturated carbocycles. The van der Waals surface area contributed by atoms with E-state index in [0.717, 1.165) is 0 Å². The van der Waals surface area contributed by atoms with Crippen LogP contribution in [0.5, 0.6) is 0 Å². The third kappa shape index (κ3) is 2.98. The van der Waals surface area contributed by atoms with E-state index in [9.17, 15) is 13.2 Å². The summed E-state index contributed by atoms with van der Waals surface area (Å²) in [6.45, 7) is 1.76. The van der Waals surface area contributed by atoms with Gasteiger partial charge in [-0.15, -0.1) is 0 Å². The van der Waals surface area contributed by atoms with Crippen LogP contribution in [0.15, 0.2) is 16.5 Å². The second-order valence-electron chi connectivity index (χ2n) is 4.96. The summed E-state index contributed by atoms with van der Waals surface area (Å²) in [6.07, 6.45) is 0.478. The van der Waals surface area contributed by atoms with Crippen molar-refractivity contribution in [1.82, 2.24) is 4.90 Å². The van der Waals surface area contributed by atoms with Gasteiger partial charge in [0, 0.05) is 13.1 Å². The van der Waals surface area contributed by atoms with Crippen LogP contribution in [0.2, 0.25) is 0 Å². The van der Waals surface area contributed by atoms with Crippen molar-refractivity contribution in [3.8, 4) is 0 Å². The van der Waals surface area contributed by atoms with Crippen LogP contribution >= 0.6 is 0 Å². The minimum absolute atomic E-state index is 0.0239. The van der Waals surface area contributed by atoms with Crippen molar-refractivity contribution >= 4 is 15.7 Å². The SMILES string of the molecule is CC(N)c1ccc(C(=O)N(C)C2CCS(=O)(=O)C2)o1. The molecular weight excluding hydrogens is 268 g/mol. The van der Waals surface area contributed by atoms with Gasteiger partial charge in [0.2, 0.25) is 0 Å². The molecule has 2 rings (SSSR count). The number of carbonyl (C=O) groups is 1. The van der Waals surface area contributed by atoms with Crippen LogP contribution in [0.4, 0.5) is 0 Å². The first-order valence-corrected chi connectivity index (χ1v) is 7.95. The molecule has 1 aliphatic heterocycles. The van der Waals surface area contributed by atoms with E-state index in [1.165, 1.54) is 4.90 Å². The maximum atomic E-state index is 12.2. The van der Waals surface area contributed by atoms with Gasteiger partial charge < -0.3 is 15.1 Å². The average Bonchev–Trinajstić information content (AvgIpc) is 2.93. The molecule has 1 aliphatic rings. The zero-order valence-corrected chi connectivity index (χ0v) is 11.8. The summed E-state index contributed by atoms with van der Waals surface area (Å²) in [5.41, 5.74) is 5.66. The summed E-state index contributed by atoms with van der Waals surface area (Å²) >= 11 is 0. The van der Waals surface area contributed by atoms with E-state index in [4.69, 9.17) is 10.2 Å². The smallest absolute Gasteiger partial charge is 0.289 e. The quantitative estimate of drug-likeness (QED) is 0.876. The van der Waals surface area contributed by atoms with E-state index in [0.29, 0.717) is 12.2 Å². The summed E-state index contributed by atoms with van der Waals surface area (Å²) < 4.78 is 28.2. The van der Waals surface area contributed by atoms with Gasteiger partial charge in [-0.2, -0.15) is 0 Å². The molecule has 1 saturated heterocycles. The van der Waals surface area contributed by atoms with Gasteiger partial charge in [-0.25, -0.2) is 8.42 Å². The third-order valence-corrected chi connectivity index (χ3v) is 5.11. The fraction of sp³-hybridized carbons (Fsp3) is 0.583. The fourth-order valence-corrected chi connectivity index (χ4v) is 3.91. The number of rotatable bonds is 3. The molecule has 19 heavy (non-hydrogen) atoms. The summed E-state index contributed by atoms with van der Waals surface area (Å²) in [7, 11) is -1.41. The largest absolute Gasteiger partial charge is 0.454 e. The second-order valence-corrected chi connectivity index (χ2v) is 7.19. The first-order valence-electron chi connectivity index (χ1n) is 6.13. The van der Waals surface area contributed by atoms with Crippen LogP contribution in [0, 0.1) is 0 Å². The monoisotopic (exact) mass is 286 g/mol. The molecule has 1 amide bonds. The number of sulfone groups is 1. The molecule has 1 fully saturated rings. The molecule has 0 spiro atoms. The number of nitrogens with two attached hydrogens (primary N) is 1. The maximum absolute atomic E-state index is 12.2. The van der Waals surface area contributed by atoms with E-state index in [1.807, 2.05) is 0 Å². The molecule has 1 aromatic rings. The Morgan fingerprint density at radius 1 is 1.53 bits per heavy atom. The van der Waals surface area contributed by atoms with Crippen molar-refractivity contribution in [2.75, 3.05) is 18.6 Å². The van der Waals surface area contributed by atoms with E-state index < -0.39 is 9.84 Å². The summed E-state index contributed by atoms with van der Waals surface area (Å²) in [5, 5.41) is 0. The normalized spacial score (nSPS) is 23.2. The highest BCUT2D eigenvalue weighted by Crippen LogP contribution is 2.20. The van der Waals surface area contributed by atoms with Crippen molar-refractivity contribution in [3.63, 3.8) is 0 Å². The minimum Gasteiger partial charge on any atom is -0.454 e. The highest BCUT2D eigenvalue weighted by atomic mass is 32.2. The zero-order chi connectivity index (χ0) is 14.2. The lowest BCUT2D eigenvalue weighted by molar-refractivity contribution is 0.0713. The highest BCUT2D eigenvalue weighted by molar-refractivity contribution is 7.91. The Balaban J connectivity index is 2.10. The first-order chi connectivity index (χ1) is 8.80. The van der Waals surface area contributed by atoms with Crippen LogP contribution in [0.1, 0.15) is 35.7 Å². The number of carbonyl (C=O) groups excluding carboxylic acids is 1. The van der Waals surface area contributed by atoms with Gasteiger partial charge >= 0.3 is 0 Å². The number of hydrogen-bond donors (Lipinski definition) is 1. The summed E-state index contributed by atoms with van der Waals surface area (Å²) in [6, 6.07) is 2.68. The zero-order valence-electron chi connectivity index (χ0n) is 11.0. The molecule has 0 bridgehead atoms. The Kier molecular flexibility index (Phi) is 3.69. The molecule has 0 aliphatic carbocycles. The minimum atomic E-state index is -3.01. The molecule has 2 N–H and O–H groups in total. The summed E-state index contributed by atoms with van der Waals surface area (Å²) in [4.78, 5) is 13.6. The second kappa shape index (κ2) is 4.97. The lowest BCUT2D eigenvalue weighted by Crippen LogP contribution is -2.37. The van der Waals surface area contributed by atoms with Crippen LogP contribution in [0.25, 0.3) is 0 Å². The first kappa shape index (κ1) is 14.1. The van der Waals surface area contributed by atoms with Gasteiger partial charge in [0.05, 0.1) is 17.5 Å². The number of furan rings is 1. The molecule has 7 heteroatoms. The van der Waals surface area contributed by atoms with Gasteiger partial charge in [-0.1, -0.05) is 0 Å². The third-order valence-electron chi connectivity index (χ3n) is 3.36. The predicted octanol–water partition coefficient (Wildman–Crippen LogP) is 0.558. The molecule has 1 aromatic heterocycles. The molecule has 0 radical (unpaired) electrons. The van der Waals surface area contributed by atoms with Crippen molar-refractivity contribution in [2.24, 2.45) is 5.73 Å². The van der Waals surface area contributed by atoms with Crippen molar-refractivity contribution in [2.45, 2.75) is 25.4 Å². The van der Waals surface area contributed by atoms with Crippen molar-refractivity contribution in [1.29, 1.82) is 0 Å². The Morgan fingerprint density at radius 3 is 2.68 bits per heavy atom. The molecule has 0 aromatic carbocycles. The molecule has 2 heterocycles. The lowest BCUT2D eigenvalue weighted by atomic mass is 10.2. The molecule has 106 valence electrons. The Hall–Kier alpha value is -1.34.